The molecule has 118 valence electrons. The van der Waals surface area contributed by atoms with E-state index in [0.717, 1.165) is 17.5 Å². The van der Waals surface area contributed by atoms with Gasteiger partial charge in [0.25, 0.3) is 0 Å². The summed E-state index contributed by atoms with van der Waals surface area (Å²) in [7, 11) is 0. The van der Waals surface area contributed by atoms with Crippen molar-refractivity contribution in [3.63, 3.8) is 0 Å². The number of pyridine rings is 1. The summed E-state index contributed by atoms with van der Waals surface area (Å²) in [5, 5.41) is 12.1. The second-order valence-corrected chi connectivity index (χ2v) is 5.66. The summed E-state index contributed by atoms with van der Waals surface area (Å²) >= 11 is 0. The number of terminal acetylenes is 1. The molecule has 0 aromatic carbocycles. The third-order valence-corrected chi connectivity index (χ3v) is 4.00. The summed E-state index contributed by atoms with van der Waals surface area (Å²) < 4.78 is 2.04. The second kappa shape index (κ2) is 6.61. The highest BCUT2D eigenvalue weighted by Gasteiger charge is 2.39. The van der Waals surface area contributed by atoms with Crippen LogP contribution in [0.15, 0.2) is 40.8 Å². The average Bonchev–Trinajstić information content (AvgIpc) is 3.24. The first-order valence-corrected chi connectivity index (χ1v) is 7.76. The van der Waals surface area contributed by atoms with Crippen LogP contribution in [0.1, 0.15) is 25.7 Å². The summed E-state index contributed by atoms with van der Waals surface area (Å²) in [6, 6.07) is 5.96. The molecule has 0 radical (unpaired) electrons. The van der Waals surface area contributed by atoms with E-state index in [-0.39, 0.29) is 11.6 Å². The van der Waals surface area contributed by atoms with Gasteiger partial charge in [-0.05, 0) is 18.2 Å². The molecule has 0 bridgehead atoms. The van der Waals surface area contributed by atoms with Crippen LogP contribution < -0.4 is 5.32 Å². The average molecular weight is 309 g/mol. The predicted molar refractivity (Wildman–Crippen MR) is 87.6 cm³/mol. The van der Waals surface area contributed by atoms with Crippen LogP contribution in [0.2, 0.25) is 0 Å². The monoisotopic (exact) mass is 309 g/mol. The fourth-order valence-corrected chi connectivity index (χ4v) is 2.59. The molecule has 0 spiro atoms. The molecule has 0 fully saturated rings. The Morgan fingerprint density at radius 2 is 2.22 bits per heavy atom. The lowest BCUT2D eigenvalue weighted by atomic mass is 10.0. The fourth-order valence-electron chi connectivity index (χ4n) is 2.59. The lowest BCUT2D eigenvalue weighted by molar-refractivity contribution is -0.121. The Hall–Kier alpha value is -2.68. The normalized spacial score (nSPS) is 14.6. The molecule has 6 nitrogen and oxygen atoms in total. The van der Waals surface area contributed by atoms with Gasteiger partial charge in [-0.3, -0.25) is 4.79 Å². The third kappa shape index (κ3) is 3.75. The van der Waals surface area contributed by atoms with Crippen molar-refractivity contribution >= 4 is 16.9 Å². The topological polar surface area (TPSA) is 71.6 Å². The molecule has 23 heavy (non-hydrogen) atoms. The zero-order valence-corrected chi connectivity index (χ0v) is 12.9. The minimum absolute atomic E-state index is 0.0202. The van der Waals surface area contributed by atoms with Crippen LogP contribution in [0, 0.1) is 12.3 Å². The highest BCUT2D eigenvalue weighted by atomic mass is 16.1. The van der Waals surface area contributed by atoms with Crippen molar-refractivity contribution in [2.24, 2.45) is 10.2 Å². The van der Waals surface area contributed by atoms with E-state index in [1.165, 1.54) is 0 Å². The lowest BCUT2D eigenvalue weighted by Gasteiger charge is -2.10. The highest BCUT2D eigenvalue weighted by molar-refractivity contribution is 5.76. The van der Waals surface area contributed by atoms with E-state index in [9.17, 15) is 4.79 Å². The smallest absolute Gasteiger partial charge is 0.220 e. The molecule has 2 aromatic heterocycles. The van der Waals surface area contributed by atoms with E-state index in [4.69, 9.17) is 6.42 Å². The molecule has 0 saturated carbocycles. The summed E-state index contributed by atoms with van der Waals surface area (Å²) in [6.07, 6.45) is 11.4. The third-order valence-electron chi connectivity index (χ3n) is 4.00. The van der Waals surface area contributed by atoms with Gasteiger partial charge in [-0.1, -0.05) is 0 Å². The van der Waals surface area contributed by atoms with Gasteiger partial charge < -0.3 is 9.88 Å². The molecular formula is C17H19N5O. The van der Waals surface area contributed by atoms with Crippen LogP contribution in [0.5, 0.6) is 0 Å². The Kier molecular flexibility index (Phi) is 4.38. The molecule has 3 heterocycles. The van der Waals surface area contributed by atoms with Crippen molar-refractivity contribution in [3.8, 4) is 12.3 Å². The number of aromatic nitrogens is 2. The maximum atomic E-state index is 11.9. The first-order chi connectivity index (χ1) is 11.2. The summed E-state index contributed by atoms with van der Waals surface area (Å²) in [4.78, 5) is 16.3. The quantitative estimate of drug-likeness (QED) is 0.761. The molecule has 3 rings (SSSR count). The van der Waals surface area contributed by atoms with Gasteiger partial charge in [-0.2, -0.15) is 10.2 Å². The van der Waals surface area contributed by atoms with Crippen LogP contribution in [0.25, 0.3) is 11.0 Å². The van der Waals surface area contributed by atoms with Crippen molar-refractivity contribution in [2.45, 2.75) is 37.9 Å². The number of hydrogen-bond acceptors (Lipinski definition) is 4. The van der Waals surface area contributed by atoms with Crippen molar-refractivity contribution in [1.82, 2.24) is 14.9 Å². The largest absolute Gasteiger partial charge is 0.354 e. The molecule has 0 aliphatic carbocycles. The first kappa shape index (κ1) is 15.2. The Bertz CT molecular complexity index is 765. The number of carbonyl (C=O) groups is 1. The molecule has 6 heteroatoms. The zero-order valence-electron chi connectivity index (χ0n) is 12.9. The Morgan fingerprint density at radius 3 is 3.00 bits per heavy atom. The molecule has 1 amide bonds. The fraction of sp³-hybridized carbons (Fsp3) is 0.412. The molecule has 1 aliphatic heterocycles. The minimum atomic E-state index is -0.385. The Balaban J connectivity index is 1.41. The molecular weight excluding hydrogens is 290 g/mol. The number of rotatable bonds is 8. The number of nitrogens with zero attached hydrogens (tertiary/aromatic N) is 4. The standard InChI is InChI=1S/C17H19N5O/c1-2-3-8-17(20-21-17)9-6-15(23)18-11-13-22-12-7-14-5-4-10-19-16(14)22/h1,4-5,7,10,12H,3,6,8-9,11,13H2,(H,18,23). The van der Waals surface area contributed by atoms with Crippen molar-refractivity contribution < 1.29 is 4.79 Å². The Morgan fingerprint density at radius 1 is 1.35 bits per heavy atom. The van der Waals surface area contributed by atoms with E-state index in [1.54, 1.807) is 6.20 Å². The Labute approximate surface area is 135 Å². The number of amides is 1. The van der Waals surface area contributed by atoms with Crippen molar-refractivity contribution in [3.05, 3.63) is 30.6 Å². The SMILES string of the molecule is C#CCCC1(CCC(=O)NCCn2ccc3cccnc32)N=N1. The summed E-state index contributed by atoms with van der Waals surface area (Å²) in [5.74, 6) is 2.61. The van der Waals surface area contributed by atoms with Crippen LogP contribution in [-0.2, 0) is 11.3 Å². The molecule has 1 N–H and O–H groups in total. The molecule has 0 saturated heterocycles. The highest BCUT2D eigenvalue weighted by Crippen LogP contribution is 2.37. The van der Waals surface area contributed by atoms with Crippen LogP contribution in [0.3, 0.4) is 0 Å². The zero-order chi connectivity index (χ0) is 16.1. The van der Waals surface area contributed by atoms with Gasteiger partial charge in [0, 0.05) is 56.6 Å². The second-order valence-electron chi connectivity index (χ2n) is 5.66. The summed E-state index contributed by atoms with van der Waals surface area (Å²) in [5.41, 5.74) is 0.551. The minimum Gasteiger partial charge on any atom is -0.354 e. The maximum Gasteiger partial charge on any atom is 0.220 e. The van der Waals surface area contributed by atoms with Crippen LogP contribution in [0.4, 0.5) is 0 Å². The predicted octanol–water partition coefficient (Wildman–Crippen LogP) is 2.51. The molecule has 0 unspecified atom stereocenters. The van der Waals surface area contributed by atoms with Crippen LogP contribution >= 0.6 is 0 Å². The van der Waals surface area contributed by atoms with Crippen molar-refractivity contribution in [1.29, 1.82) is 0 Å². The van der Waals surface area contributed by atoms with Gasteiger partial charge in [0.05, 0.1) is 0 Å². The number of nitrogens with one attached hydrogen (secondary N) is 1. The number of fused-ring (bicyclic) bond motifs is 1. The van der Waals surface area contributed by atoms with Gasteiger partial charge >= 0.3 is 0 Å². The van der Waals surface area contributed by atoms with E-state index in [1.807, 2.05) is 29.0 Å². The first-order valence-electron chi connectivity index (χ1n) is 7.76. The molecule has 2 aromatic rings. The van der Waals surface area contributed by atoms with E-state index >= 15 is 0 Å². The van der Waals surface area contributed by atoms with Gasteiger partial charge in [-0.15, -0.1) is 12.3 Å². The van der Waals surface area contributed by atoms with Crippen LogP contribution in [-0.4, -0.2) is 27.7 Å². The number of carbonyl (C=O) groups excluding carboxylic acids is 1. The molecule has 0 atom stereocenters. The van der Waals surface area contributed by atoms with Gasteiger partial charge in [-0.25, -0.2) is 4.98 Å². The van der Waals surface area contributed by atoms with Gasteiger partial charge in [0.1, 0.15) is 5.65 Å². The van der Waals surface area contributed by atoms with E-state index in [0.29, 0.717) is 32.4 Å². The summed E-state index contributed by atoms with van der Waals surface area (Å²) in [6.45, 7) is 1.27. The molecule has 1 aliphatic rings. The van der Waals surface area contributed by atoms with Crippen molar-refractivity contribution in [2.75, 3.05) is 6.54 Å². The van der Waals surface area contributed by atoms with Gasteiger partial charge in [0.2, 0.25) is 5.91 Å². The van der Waals surface area contributed by atoms with E-state index in [2.05, 4.69) is 26.4 Å². The van der Waals surface area contributed by atoms with E-state index < -0.39 is 0 Å². The van der Waals surface area contributed by atoms with Gasteiger partial charge in [0.15, 0.2) is 5.66 Å². The lowest BCUT2D eigenvalue weighted by Crippen LogP contribution is -2.28. The maximum absolute atomic E-state index is 11.9. The number of hydrogen-bond donors (Lipinski definition) is 1.